The SMILES string of the molecule is CCC#CC1=NN=C(c2ccccc2)NN1C(=O)OCc1ccc(OP(=O)(OCC)OCC)cc1. The third-order valence-electron chi connectivity index (χ3n) is 4.36. The topological polar surface area (TPSA) is 111 Å². The lowest BCUT2D eigenvalue weighted by molar-refractivity contribution is 0.110. The Bertz CT molecular complexity index is 1160. The number of carbonyl (C=O) groups is 1. The largest absolute Gasteiger partial charge is 0.530 e. The Hall–Kier alpha value is -3.64. The van der Waals surface area contributed by atoms with E-state index in [0.717, 1.165) is 10.6 Å². The van der Waals surface area contributed by atoms with Crippen LogP contribution in [0.15, 0.2) is 64.8 Å². The van der Waals surface area contributed by atoms with E-state index in [1.165, 1.54) is 0 Å². The predicted molar refractivity (Wildman–Crippen MR) is 132 cm³/mol. The van der Waals surface area contributed by atoms with E-state index in [9.17, 15) is 9.36 Å². The van der Waals surface area contributed by atoms with Crippen LogP contribution in [-0.4, -0.2) is 36.0 Å². The molecular weight excluding hydrogens is 471 g/mol. The van der Waals surface area contributed by atoms with Gasteiger partial charge in [0, 0.05) is 12.0 Å². The van der Waals surface area contributed by atoms with Gasteiger partial charge in [0.25, 0.3) is 0 Å². The van der Waals surface area contributed by atoms with E-state index in [1.54, 1.807) is 38.1 Å². The molecule has 1 aliphatic rings. The maximum absolute atomic E-state index is 12.9. The van der Waals surface area contributed by atoms with Gasteiger partial charge in [0.15, 0.2) is 5.84 Å². The van der Waals surface area contributed by atoms with Gasteiger partial charge in [-0.3, -0.25) is 14.5 Å². The first-order valence-electron chi connectivity index (χ1n) is 11.1. The summed E-state index contributed by atoms with van der Waals surface area (Å²) < 4.78 is 33.6. The number of hydrogen-bond acceptors (Lipinski definition) is 9. The van der Waals surface area contributed by atoms with Crippen LogP contribution in [0.25, 0.3) is 0 Å². The van der Waals surface area contributed by atoms with Crippen LogP contribution in [0, 0.1) is 11.8 Å². The quantitative estimate of drug-likeness (QED) is 0.388. The molecule has 2 aromatic rings. The van der Waals surface area contributed by atoms with Gasteiger partial charge < -0.3 is 9.26 Å². The molecule has 0 unspecified atom stereocenters. The van der Waals surface area contributed by atoms with Crippen molar-refractivity contribution in [3.8, 4) is 17.6 Å². The average molecular weight is 498 g/mol. The summed E-state index contributed by atoms with van der Waals surface area (Å²) in [5.74, 6) is 6.51. The number of carbonyl (C=O) groups excluding carboxylic acids is 1. The summed E-state index contributed by atoms with van der Waals surface area (Å²) in [6.45, 7) is 5.61. The van der Waals surface area contributed by atoms with Crippen LogP contribution in [0.3, 0.4) is 0 Å². The molecule has 2 aromatic carbocycles. The number of amidine groups is 2. The number of nitrogens with zero attached hydrogens (tertiary/aromatic N) is 3. The molecule has 3 rings (SSSR count). The Morgan fingerprint density at radius 1 is 1.00 bits per heavy atom. The zero-order chi connectivity index (χ0) is 25.1. The van der Waals surface area contributed by atoms with Gasteiger partial charge in [-0.05, 0) is 37.5 Å². The van der Waals surface area contributed by atoms with E-state index in [1.807, 2.05) is 37.3 Å². The molecule has 0 saturated heterocycles. The predicted octanol–water partition coefficient (Wildman–Crippen LogP) is 4.88. The lowest BCUT2D eigenvalue weighted by Crippen LogP contribution is -2.51. The summed E-state index contributed by atoms with van der Waals surface area (Å²) in [6, 6.07) is 15.8. The van der Waals surface area contributed by atoms with E-state index in [2.05, 4.69) is 27.5 Å². The monoisotopic (exact) mass is 498 g/mol. The molecule has 0 aromatic heterocycles. The molecule has 0 aliphatic carbocycles. The number of ether oxygens (including phenoxy) is 1. The number of hydrazine groups is 1. The van der Waals surface area contributed by atoms with Crippen molar-refractivity contribution in [2.24, 2.45) is 10.2 Å². The molecule has 1 N–H and O–H groups in total. The van der Waals surface area contributed by atoms with Crippen molar-refractivity contribution in [1.29, 1.82) is 0 Å². The molecule has 0 bridgehead atoms. The number of benzene rings is 2. The lowest BCUT2D eigenvalue weighted by atomic mass is 10.2. The van der Waals surface area contributed by atoms with Crippen molar-refractivity contribution < 1.29 is 27.7 Å². The van der Waals surface area contributed by atoms with Gasteiger partial charge in [-0.15, -0.1) is 10.2 Å². The Morgan fingerprint density at radius 3 is 2.31 bits per heavy atom. The molecule has 1 heterocycles. The normalized spacial score (nSPS) is 13.1. The van der Waals surface area contributed by atoms with Gasteiger partial charge in [0.2, 0.25) is 5.84 Å². The van der Waals surface area contributed by atoms with E-state index in [4.69, 9.17) is 18.3 Å². The maximum atomic E-state index is 12.9. The molecule has 184 valence electrons. The van der Waals surface area contributed by atoms with Gasteiger partial charge in [-0.25, -0.2) is 9.36 Å². The average Bonchev–Trinajstić information content (AvgIpc) is 2.87. The van der Waals surface area contributed by atoms with Crippen LogP contribution in [-0.2, 0) is 25.0 Å². The fourth-order valence-corrected chi connectivity index (χ4v) is 4.01. The highest BCUT2D eigenvalue weighted by Gasteiger charge is 2.28. The van der Waals surface area contributed by atoms with Crippen LogP contribution >= 0.6 is 7.82 Å². The summed E-state index contributed by atoms with van der Waals surface area (Å²) in [5, 5.41) is 9.34. The second-order valence-electron chi connectivity index (χ2n) is 6.91. The number of rotatable bonds is 9. The molecule has 0 fully saturated rings. The van der Waals surface area contributed by atoms with E-state index in [0.29, 0.717) is 23.6 Å². The van der Waals surface area contributed by atoms with Crippen molar-refractivity contribution >= 4 is 25.6 Å². The molecule has 1 amide bonds. The first-order valence-corrected chi connectivity index (χ1v) is 12.5. The number of amides is 1. The molecular formula is C24H27N4O6P. The van der Waals surface area contributed by atoms with Gasteiger partial charge in [0.1, 0.15) is 12.4 Å². The van der Waals surface area contributed by atoms with E-state index < -0.39 is 13.9 Å². The second kappa shape index (κ2) is 12.7. The number of phosphoric ester groups is 1. The van der Waals surface area contributed by atoms with Gasteiger partial charge in [-0.1, -0.05) is 55.3 Å². The van der Waals surface area contributed by atoms with Crippen LogP contribution < -0.4 is 9.95 Å². The third kappa shape index (κ3) is 7.42. The standard InChI is InChI=1S/C24H27N4O6P/c1-4-7-13-22-25-26-23(20-11-9-8-10-12-20)27-28(22)24(29)31-18-19-14-16-21(17-15-19)34-35(30,32-5-2)33-6-3/h8-12,14-17H,4-6,18H2,1-3H3,(H,26,27). The summed E-state index contributed by atoms with van der Waals surface area (Å²) in [6.07, 6.45) is -0.111. The molecule has 0 spiro atoms. The molecule has 35 heavy (non-hydrogen) atoms. The third-order valence-corrected chi connectivity index (χ3v) is 5.94. The summed E-state index contributed by atoms with van der Waals surface area (Å²) in [5.41, 5.74) is 4.35. The van der Waals surface area contributed by atoms with Crippen molar-refractivity contribution in [1.82, 2.24) is 10.4 Å². The smallest absolute Gasteiger partial charge is 0.443 e. The highest BCUT2D eigenvalue weighted by molar-refractivity contribution is 7.48. The lowest BCUT2D eigenvalue weighted by Gasteiger charge is -2.25. The minimum absolute atomic E-state index is 0.0296. The fraction of sp³-hybridized carbons (Fsp3) is 0.292. The Kier molecular flexibility index (Phi) is 9.44. The van der Waals surface area contributed by atoms with Crippen molar-refractivity contribution in [2.75, 3.05) is 13.2 Å². The second-order valence-corrected chi connectivity index (χ2v) is 8.51. The Morgan fingerprint density at radius 2 is 1.69 bits per heavy atom. The molecule has 0 radical (unpaired) electrons. The Balaban J connectivity index is 1.66. The van der Waals surface area contributed by atoms with Gasteiger partial charge in [0.05, 0.1) is 13.2 Å². The zero-order valence-electron chi connectivity index (χ0n) is 19.8. The molecule has 1 aliphatic heterocycles. The zero-order valence-corrected chi connectivity index (χ0v) is 20.7. The highest BCUT2D eigenvalue weighted by Crippen LogP contribution is 2.49. The van der Waals surface area contributed by atoms with Crippen LogP contribution in [0.2, 0.25) is 0 Å². The molecule has 11 heteroatoms. The fourth-order valence-electron chi connectivity index (χ4n) is 2.81. The van der Waals surface area contributed by atoms with E-state index >= 15 is 0 Å². The maximum Gasteiger partial charge on any atom is 0.530 e. The minimum Gasteiger partial charge on any atom is -0.443 e. The number of nitrogens with one attached hydrogen (secondary N) is 1. The van der Waals surface area contributed by atoms with Crippen LogP contribution in [0.1, 0.15) is 38.3 Å². The molecule has 0 saturated carbocycles. The molecule has 0 atom stereocenters. The van der Waals surface area contributed by atoms with E-state index in [-0.39, 0.29) is 25.7 Å². The number of phosphoric acid groups is 1. The molecule has 10 nitrogen and oxygen atoms in total. The van der Waals surface area contributed by atoms with Crippen molar-refractivity contribution in [3.63, 3.8) is 0 Å². The minimum atomic E-state index is -3.69. The summed E-state index contributed by atoms with van der Waals surface area (Å²) in [4.78, 5) is 12.9. The van der Waals surface area contributed by atoms with Crippen LogP contribution in [0.4, 0.5) is 4.79 Å². The van der Waals surface area contributed by atoms with Crippen molar-refractivity contribution in [3.05, 3.63) is 65.7 Å². The van der Waals surface area contributed by atoms with Crippen molar-refractivity contribution in [2.45, 2.75) is 33.8 Å². The Labute approximate surface area is 204 Å². The first-order chi connectivity index (χ1) is 17.0. The summed E-state index contributed by atoms with van der Waals surface area (Å²) in [7, 11) is -3.69. The first kappa shape index (κ1) is 26.0. The number of hydrogen-bond donors (Lipinski definition) is 1. The van der Waals surface area contributed by atoms with Gasteiger partial charge in [-0.2, -0.15) is 5.01 Å². The van der Waals surface area contributed by atoms with Crippen LogP contribution in [0.5, 0.6) is 5.75 Å². The summed E-state index contributed by atoms with van der Waals surface area (Å²) >= 11 is 0. The highest BCUT2D eigenvalue weighted by atomic mass is 31.2. The van der Waals surface area contributed by atoms with Gasteiger partial charge >= 0.3 is 13.9 Å².